The molecule has 1 aliphatic rings. The van der Waals surface area contributed by atoms with Crippen molar-refractivity contribution in [3.05, 3.63) is 104 Å². The van der Waals surface area contributed by atoms with E-state index in [-0.39, 0.29) is 21.6 Å². The summed E-state index contributed by atoms with van der Waals surface area (Å²) in [5.41, 5.74) is 2.72. The zero-order valence-electron chi connectivity index (χ0n) is 20.5. The molecular weight excluding hydrogens is 577 g/mol. The quantitative estimate of drug-likeness (QED) is 0.171. The number of thiazole rings is 1. The van der Waals surface area contributed by atoms with Crippen molar-refractivity contribution < 1.29 is 19.6 Å². The molecule has 0 fully saturated rings. The molecule has 13 heteroatoms. The Labute approximate surface area is 241 Å². The Bertz CT molecular complexity index is 1690. The number of carbonyl (C=O) groups excluding carboxylic acids is 3. The zero-order chi connectivity index (χ0) is 28.6. The molecule has 2 heterocycles. The van der Waals surface area contributed by atoms with E-state index in [4.69, 9.17) is 28.4 Å². The summed E-state index contributed by atoms with van der Waals surface area (Å²) in [6.07, 6.45) is 0. The van der Waals surface area contributed by atoms with Gasteiger partial charge < -0.3 is 15.8 Å². The number of halogens is 2. The lowest BCUT2D eigenvalue weighted by Gasteiger charge is -2.21. The molecule has 0 saturated carbocycles. The molecule has 0 radical (unpaired) electrons. The van der Waals surface area contributed by atoms with Crippen LogP contribution in [-0.2, 0) is 9.59 Å². The number of anilines is 4. The molecule has 0 spiro atoms. The highest BCUT2D eigenvalue weighted by Crippen LogP contribution is 2.34. The van der Waals surface area contributed by atoms with Crippen LogP contribution in [0.4, 0.5) is 22.2 Å². The lowest BCUT2D eigenvalue weighted by Crippen LogP contribution is -2.32. The first-order valence-corrected chi connectivity index (χ1v) is 13.2. The zero-order valence-corrected chi connectivity index (χ0v) is 22.8. The Balaban J connectivity index is 1.27. The van der Waals surface area contributed by atoms with Crippen molar-refractivity contribution in [3.63, 3.8) is 0 Å². The fourth-order valence-electron chi connectivity index (χ4n) is 3.93. The summed E-state index contributed by atoms with van der Waals surface area (Å²) in [5.74, 6) is -1.73. The average Bonchev–Trinajstić information content (AvgIpc) is 3.49. The SMILES string of the molecule is Cc1c(Cl)cccc1N1C(=O)C(Cl)=C(Nc2ccc(C(=O)Nc3nc(-c4cccc(N([O-])O)c4)cs3)cc2)C1=O. The number of nitrogens with one attached hydrogen (secondary N) is 2. The molecule has 5 rings (SSSR count). The summed E-state index contributed by atoms with van der Waals surface area (Å²) < 4.78 is 0. The van der Waals surface area contributed by atoms with E-state index in [0.717, 1.165) is 4.90 Å². The second-order valence-corrected chi connectivity index (χ2v) is 10.2. The third kappa shape index (κ3) is 5.28. The van der Waals surface area contributed by atoms with Crippen molar-refractivity contribution in [3.8, 4) is 11.3 Å². The standard InChI is InChI=1S/C27H18Cl2N5O5S/c1-14-19(28)6-3-7-21(14)33-25(36)22(29)23(26(33)37)30-17-10-8-15(9-11-17)24(35)32-27-31-20(13-40-27)16-4-2-5-18(12-16)34(38)39/h2-13,30,38H,1H3,(H,31,32,35)/q-1. The lowest BCUT2D eigenvalue weighted by atomic mass is 10.1. The van der Waals surface area contributed by atoms with E-state index >= 15 is 0 Å². The highest BCUT2D eigenvalue weighted by Gasteiger charge is 2.39. The van der Waals surface area contributed by atoms with Gasteiger partial charge in [-0.25, -0.2) is 9.88 Å². The molecule has 0 saturated heterocycles. The van der Waals surface area contributed by atoms with E-state index in [0.29, 0.717) is 43.9 Å². The van der Waals surface area contributed by atoms with Crippen LogP contribution in [0.5, 0.6) is 0 Å². The molecule has 40 heavy (non-hydrogen) atoms. The number of hydrogen-bond acceptors (Lipinski definition) is 9. The average molecular weight is 595 g/mol. The minimum Gasteiger partial charge on any atom is -0.733 e. The molecule has 3 N–H and O–H groups in total. The van der Waals surface area contributed by atoms with Crippen molar-refractivity contribution in [1.82, 2.24) is 4.98 Å². The Hall–Kier alpha value is -4.26. The second-order valence-electron chi connectivity index (χ2n) is 8.54. The van der Waals surface area contributed by atoms with Crippen molar-refractivity contribution >= 4 is 74.5 Å². The number of benzene rings is 3. The van der Waals surface area contributed by atoms with Gasteiger partial charge in [-0.2, -0.15) is 0 Å². The van der Waals surface area contributed by atoms with E-state index in [1.807, 2.05) is 0 Å². The molecule has 10 nitrogen and oxygen atoms in total. The molecule has 1 aromatic heterocycles. The first kappa shape index (κ1) is 27.3. The maximum absolute atomic E-state index is 13.1. The lowest BCUT2D eigenvalue weighted by molar-refractivity contribution is -0.120. The van der Waals surface area contributed by atoms with Crippen molar-refractivity contribution in [2.75, 3.05) is 20.8 Å². The van der Waals surface area contributed by atoms with E-state index in [9.17, 15) is 19.6 Å². The Morgan fingerprint density at radius 2 is 1.77 bits per heavy atom. The van der Waals surface area contributed by atoms with Crippen LogP contribution in [0.2, 0.25) is 5.02 Å². The number of imide groups is 1. The maximum atomic E-state index is 13.1. The smallest absolute Gasteiger partial charge is 0.283 e. The summed E-state index contributed by atoms with van der Waals surface area (Å²) in [6.45, 7) is 1.70. The van der Waals surface area contributed by atoms with Crippen LogP contribution in [0.15, 0.2) is 82.8 Å². The van der Waals surface area contributed by atoms with Gasteiger partial charge in [0.25, 0.3) is 17.7 Å². The number of hydrogen-bond donors (Lipinski definition) is 3. The third-order valence-electron chi connectivity index (χ3n) is 6.01. The maximum Gasteiger partial charge on any atom is 0.283 e. The van der Waals surface area contributed by atoms with Gasteiger partial charge in [-0.3, -0.25) is 24.9 Å². The van der Waals surface area contributed by atoms with Crippen molar-refractivity contribution in [2.24, 2.45) is 0 Å². The Kier molecular flexibility index (Phi) is 7.57. The van der Waals surface area contributed by atoms with Crippen LogP contribution < -0.4 is 20.8 Å². The van der Waals surface area contributed by atoms with Gasteiger partial charge in [0.05, 0.1) is 17.1 Å². The van der Waals surface area contributed by atoms with Gasteiger partial charge in [-0.15, -0.1) is 11.3 Å². The second kappa shape index (κ2) is 11.1. The summed E-state index contributed by atoms with van der Waals surface area (Å²) in [5, 5.41) is 27.8. The number of carbonyl (C=O) groups is 3. The molecule has 0 unspecified atom stereocenters. The molecule has 3 aromatic carbocycles. The molecule has 3 amide bonds. The fourth-order valence-corrected chi connectivity index (χ4v) is 5.03. The third-order valence-corrected chi connectivity index (χ3v) is 7.53. The van der Waals surface area contributed by atoms with Crippen molar-refractivity contribution in [1.29, 1.82) is 0 Å². The topological polar surface area (TPSA) is 138 Å². The van der Waals surface area contributed by atoms with E-state index in [1.54, 1.807) is 54.8 Å². The predicted molar refractivity (Wildman–Crippen MR) is 155 cm³/mol. The summed E-state index contributed by atoms with van der Waals surface area (Å²) in [7, 11) is 0. The van der Waals surface area contributed by atoms with Crippen LogP contribution in [0.1, 0.15) is 15.9 Å². The van der Waals surface area contributed by atoms with Crippen LogP contribution in [-0.4, -0.2) is 27.9 Å². The van der Waals surface area contributed by atoms with Gasteiger partial charge in [-0.1, -0.05) is 41.4 Å². The largest absolute Gasteiger partial charge is 0.733 e. The highest BCUT2D eigenvalue weighted by atomic mass is 35.5. The normalized spacial score (nSPS) is 13.2. The molecular formula is C27H18Cl2N5O5S-. The number of aromatic nitrogens is 1. The van der Waals surface area contributed by atoms with Crippen molar-refractivity contribution in [2.45, 2.75) is 6.92 Å². The molecule has 0 bridgehead atoms. The van der Waals surface area contributed by atoms with Gasteiger partial charge in [-0.05, 0) is 61.0 Å². The van der Waals surface area contributed by atoms with E-state index in [2.05, 4.69) is 15.6 Å². The first-order valence-electron chi connectivity index (χ1n) is 11.6. The van der Waals surface area contributed by atoms with Crippen LogP contribution in [0, 0.1) is 12.1 Å². The summed E-state index contributed by atoms with van der Waals surface area (Å²) in [6, 6.07) is 17.4. The molecule has 1 aliphatic heterocycles. The van der Waals surface area contributed by atoms with Gasteiger partial charge in [0.2, 0.25) is 0 Å². The number of amides is 3. The van der Waals surface area contributed by atoms with Crippen LogP contribution in [0.3, 0.4) is 0 Å². The van der Waals surface area contributed by atoms with E-state index in [1.165, 1.54) is 35.6 Å². The highest BCUT2D eigenvalue weighted by molar-refractivity contribution is 7.14. The number of nitrogens with zero attached hydrogens (tertiary/aromatic N) is 3. The van der Waals surface area contributed by atoms with Gasteiger partial charge >= 0.3 is 0 Å². The van der Waals surface area contributed by atoms with Gasteiger partial charge in [0.15, 0.2) is 5.13 Å². The molecule has 0 aliphatic carbocycles. The molecule has 202 valence electrons. The Morgan fingerprint density at radius 3 is 2.50 bits per heavy atom. The fraction of sp³-hybridized carbons (Fsp3) is 0.0370. The van der Waals surface area contributed by atoms with E-state index < -0.39 is 17.7 Å². The minimum atomic E-state index is -0.674. The molecule has 0 atom stereocenters. The monoisotopic (exact) mass is 594 g/mol. The predicted octanol–water partition coefficient (Wildman–Crippen LogP) is 6.15. The van der Waals surface area contributed by atoms with Gasteiger partial charge in [0.1, 0.15) is 10.7 Å². The summed E-state index contributed by atoms with van der Waals surface area (Å²) in [4.78, 5) is 44.0. The first-order chi connectivity index (χ1) is 19.1. The molecule has 4 aromatic rings. The van der Waals surface area contributed by atoms with Crippen LogP contribution >= 0.6 is 34.5 Å². The number of rotatable bonds is 7. The Morgan fingerprint density at radius 1 is 1.05 bits per heavy atom. The summed E-state index contributed by atoms with van der Waals surface area (Å²) >= 11 is 13.6. The van der Waals surface area contributed by atoms with Crippen LogP contribution in [0.25, 0.3) is 11.3 Å². The minimum absolute atomic E-state index is 0.0535. The van der Waals surface area contributed by atoms with Gasteiger partial charge in [0, 0.05) is 27.2 Å².